The SMILES string of the molecule is CCCCC[C@H]1CC[C@H](CC(=O)O)CC1. The van der Waals surface area contributed by atoms with E-state index in [0.717, 1.165) is 18.8 Å². The topological polar surface area (TPSA) is 37.3 Å². The fraction of sp³-hybridized carbons (Fsp3) is 0.923. The van der Waals surface area contributed by atoms with Gasteiger partial charge in [0.2, 0.25) is 0 Å². The van der Waals surface area contributed by atoms with Crippen LogP contribution in [0.5, 0.6) is 0 Å². The second-order valence-electron chi connectivity index (χ2n) is 4.98. The highest BCUT2D eigenvalue weighted by atomic mass is 16.4. The highest BCUT2D eigenvalue weighted by Crippen LogP contribution is 2.33. The molecule has 1 rings (SSSR count). The number of aliphatic carboxylic acids is 1. The van der Waals surface area contributed by atoms with Crippen molar-refractivity contribution in [3.05, 3.63) is 0 Å². The molecule has 0 amide bonds. The number of rotatable bonds is 6. The van der Waals surface area contributed by atoms with Gasteiger partial charge in [-0.25, -0.2) is 0 Å². The lowest BCUT2D eigenvalue weighted by Gasteiger charge is -2.27. The highest BCUT2D eigenvalue weighted by molar-refractivity contribution is 5.67. The molecule has 2 heteroatoms. The van der Waals surface area contributed by atoms with Gasteiger partial charge in [0.25, 0.3) is 0 Å². The molecule has 0 unspecified atom stereocenters. The van der Waals surface area contributed by atoms with Crippen LogP contribution in [0.2, 0.25) is 0 Å². The third-order valence-electron chi connectivity index (χ3n) is 3.65. The zero-order chi connectivity index (χ0) is 11.1. The first-order valence-corrected chi connectivity index (χ1v) is 6.44. The van der Waals surface area contributed by atoms with Crippen molar-refractivity contribution in [1.82, 2.24) is 0 Å². The van der Waals surface area contributed by atoms with Gasteiger partial charge in [-0.2, -0.15) is 0 Å². The van der Waals surface area contributed by atoms with Crippen LogP contribution in [0.15, 0.2) is 0 Å². The van der Waals surface area contributed by atoms with Crippen LogP contribution >= 0.6 is 0 Å². The summed E-state index contributed by atoms with van der Waals surface area (Å²) in [5, 5.41) is 8.70. The minimum Gasteiger partial charge on any atom is -0.481 e. The Hall–Kier alpha value is -0.530. The minimum absolute atomic E-state index is 0.391. The molecule has 0 heterocycles. The maximum atomic E-state index is 10.6. The van der Waals surface area contributed by atoms with E-state index in [1.165, 1.54) is 38.5 Å². The van der Waals surface area contributed by atoms with Crippen molar-refractivity contribution < 1.29 is 9.90 Å². The van der Waals surface area contributed by atoms with Crippen LogP contribution in [-0.2, 0) is 4.79 Å². The molecule has 0 aliphatic heterocycles. The standard InChI is InChI=1S/C13H24O2/c1-2-3-4-5-11-6-8-12(9-7-11)10-13(14)15/h11-12H,2-10H2,1H3,(H,14,15)/t11-,12-. The first-order chi connectivity index (χ1) is 7.22. The molecule has 2 nitrogen and oxygen atoms in total. The Bertz CT molecular complexity index is 181. The second-order valence-corrected chi connectivity index (χ2v) is 4.98. The molecule has 1 aliphatic carbocycles. The smallest absolute Gasteiger partial charge is 0.303 e. The molecular formula is C13H24O2. The molecule has 0 aromatic rings. The monoisotopic (exact) mass is 212 g/mol. The molecule has 0 aromatic carbocycles. The van der Waals surface area contributed by atoms with Crippen molar-refractivity contribution in [1.29, 1.82) is 0 Å². The van der Waals surface area contributed by atoms with Crippen LogP contribution in [0.3, 0.4) is 0 Å². The molecule has 0 spiro atoms. The Morgan fingerprint density at radius 1 is 1.13 bits per heavy atom. The maximum absolute atomic E-state index is 10.6. The van der Waals surface area contributed by atoms with Crippen LogP contribution < -0.4 is 0 Å². The summed E-state index contributed by atoms with van der Waals surface area (Å²) in [5.74, 6) is 0.732. The van der Waals surface area contributed by atoms with Crippen molar-refractivity contribution >= 4 is 5.97 Å². The molecule has 1 fully saturated rings. The summed E-state index contributed by atoms with van der Waals surface area (Å²) in [7, 11) is 0. The zero-order valence-corrected chi connectivity index (χ0v) is 9.87. The fourth-order valence-corrected chi connectivity index (χ4v) is 2.65. The first kappa shape index (κ1) is 12.5. The van der Waals surface area contributed by atoms with Gasteiger partial charge in [0.1, 0.15) is 0 Å². The number of carbonyl (C=O) groups is 1. The summed E-state index contributed by atoms with van der Waals surface area (Å²) < 4.78 is 0. The average Bonchev–Trinajstić information content (AvgIpc) is 2.20. The third kappa shape index (κ3) is 5.19. The maximum Gasteiger partial charge on any atom is 0.303 e. The fourth-order valence-electron chi connectivity index (χ4n) is 2.65. The first-order valence-electron chi connectivity index (χ1n) is 6.44. The Morgan fingerprint density at radius 2 is 1.73 bits per heavy atom. The number of hydrogen-bond donors (Lipinski definition) is 1. The van der Waals surface area contributed by atoms with E-state index in [1.807, 2.05) is 0 Å². The Balaban J connectivity index is 2.10. The van der Waals surface area contributed by atoms with Gasteiger partial charge in [0, 0.05) is 6.42 Å². The van der Waals surface area contributed by atoms with Gasteiger partial charge < -0.3 is 5.11 Å². The normalized spacial score (nSPS) is 26.5. The molecule has 0 radical (unpaired) electrons. The van der Waals surface area contributed by atoms with Crippen LogP contribution in [-0.4, -0.2) is 11.1 Å². The molecule has 1 saturated carbocycles. The molecule has 15 heavy (non-hydrogen) atoms. The molecular weight excluding hydrogens is 188 g/mol. The van der Waals surface area contributed by atoms with E-state index in [2.05, 4.69) is 6.92 Å². The lowest BCUT2D eigenvalue weighted by molar-refractivity contribution is -0.138. The summed E-state index contributed by atoms with van der Waals surface area (Å²) in [4.78, 5) is 10.6. The Morgan fingerprint density at radius 3 is 2.27 bits per heavy atom. The lowest BCUT2D eigenvalue weighted by Crippen LogP contribution is -2.17. The predicted octanol–water partition coefficient (Wildman–Crippen LogP) is 3.85. The number of carboxylic acids is 1. The Labute approximate surface area is 93.1 Å². The van der Waals surface area contributed by atoms with E-state index in [9.17, 15) is 4.79 Å². The van der Waals surface area contributed by atoms with E-state index in [-0.39, 0.29) is 0 Å². The summed E-state index contributed by atoms with van der Waals surface area (Å²) in [5.41, 5.74) is 0. The van der Waals surface area contributed by atoms with Crippen LogP contribution in [0.1, 0.15) is 64.7 Å². The number of unbranched alkanes of at least 4 members (excludes halogenated alkanes) is 2. The summed E-state index contributed by atoms with van der Waals surface area (Å²) in [6.45, 7) is 2.24. The summed E-state index contributed by atoms with van der Waals surface area (Å²) in [6.07, 6.45) is 10.6. The van der Waals surface area contributed by atoms with Gasteiger partial charge in [-0.05, 0) is 24.7 Å². The van der Waals surface area contributed by atoms with Gasteiger partial charge in [-0.3, -0.25) is 4.79 Å². The van der Waals surface area contributed by atoms with Crippen molar-refractivity contribution in [2.45, 2.75) is 64.7 Å². The van der Waals surface area contributed by atoms with Gasteiger partial charge in [0.05, 0.1) is 0 Å². The largest absolute Gasteiger partial charge is 0.481 e. The summed E-state index contributed by atoms with van der Waals surface area (Å²) in [6, 6.07) is 0. The van der Waals surface area contributed by atoms with Crippen molar-refractivity contribution in [2.24, 2.45) is 11.8 Å². The van der Waals surface area contributed by atoms with Crippen LogP contribution in [0, 0.1) is 11.8 Å². The Kier molecular flexibility index (Phi) is 5.74. The molecule has 0 bridgehead atoms. The van der Waals surface area contributed by atoms with Gasteiger partial charge in [-0.1, -0.05) is 45.4 Å². The molecule has 0 atom stereocenters. The predicted molar refractivity (Wildman–Crippen MR) is 61.8 cm³/mol. The highest BCUT2D eigenvalue weighted by Gasteiger charge is 2.22. The molecule has 0 aromatic heterocycles. The number of hydrogen-bond acceptors (Lipinski definition) is 1. The summed E-state index contributed by atoms with van der Waals surface area (Å²) >= 11 is 0. The van der Waals surface area contributed by atoms with Gasteiger partial charge in [-0.15, -0.1) is 0 Å². The number of carboxylic acid groups (broad SMARTS) is 1. The minimum atomic E-state index is -0.621. The molecule has 1 aliphatic rings. The van der Waals surface area contributed by atoms with Crippen molar-refractivity contribution in [2.75, 3.05) is 0 Å². The van der Waals surface area contributed by atoms with E-state index < -0.39 is 5.97 Å². The van der Waals surface area contributed by atoms with E-state index in [1.54, 1.807) is 0 Å². The third-order valence-corrected chi connectivity index (χ3v) is 3.65. The van der Waals surface area contributed by atoms with Crippen LogP contribution in [0.4, 0.5) is 0 Å². The average molecular weight is 212 g/mol. The lowest BCUT2D eigenvalue weighted by atomic mass is 9.78. The van der Waals surface area contributed by atoms with E-state index in [4.69, 9.17) is 5.11 Å². The quantitative estimate of drug-likeness (QED) is 0.679. The molecule has 88 valence electrons. The van der Waals surface area contributed by atoms with E-state index >= 15 is 0 Å². The van der Waals surface area contributed by atoms with E-state index in [0.29, 0.717) is 12.3 Å². The van der Waals surface area contributed by atoms with Crippen molar-refractivity contribution in [3.63, 3.8) is 0 Å². The van der Waals surface area contributed by atoms with Gasteiger partial charge >= 0.3 is 5.97 Å². The van der Waals surface area contributed by atoms with Crippen molar-refractivity contribution in [3.8, 4) is 0 Å². The molecule has 0 saturated heterocycles. The molecule has 1 N–H and O–H groups in total. The van der Waals surface area contributed by atoms with Crippen LogP contribution in [0.25, 0.3) is 0 Å². The zero-order valence-electron chi connectivity index (χ0n) is 9.87. The second kappa shape index (κ2) is 6.86. The van der Waals surface area contributed by atoms with Gasteiger partial charge in [0.15, 0.2) is 0 Å².